The quantitative estimate of drug-likeness (QED) is 0.923. The Morgan fingerprint density at radius 3 is 2.87 bits per heavy atom. The number of carbonyl (C=O) groups excluding carboxylic acids is 1. The number of rotatable bonds is 4. The number of nitrogens with one attached hydrogen (secondary N) is 1. The molecule has 0 spiro atoms. The number of aryl methyl sites for hydroxylation is 3. The first-order valence-electron chi connectivity index (χ1n) is 8.33. The molecule has 1 aliphatic heterocycles. The SMILES string of the molecule is Cc1ccc(C)c(NC(=O)CCN2CCCc3ccccc32)c1. The van der Waals surface area contributed by atoms with Crippen LogP contribution in [0, 0.1) is 13.8 Å². The molecule has 1 N–H and O–H groups in total. The molecule has 0 atom stereocenters. The largest absolute Gasteiger partial charge is 0.371 e. The monoisotopic (exact) mass is 308 g/mol. The summed E-state index contributed by atoms with van der Waals surface area (Å²) >= 11 is 0. The van der Waals surface area contributed by atoms with Crippen LogP contribution in [0.3, 0.4) is 0 Å². The van der Waals surface area contributed by atoms with Crippen molar-refractivity contribution in [2.24, 2.45) is 0 Å². The fraction of sp³-hybridized carbons (Fsp3) is 0.350. The molecule has 0 fully saturated rings. The highest BCUT2D eigenvalue weighted by Crippen LogP contribution is 2.26. The molecular weight excluding hydrogens is 284 g/mol. The lowest BCUT2D eigenvalue weighted by Crippen LogP contribution is -2.32. The van der Waals surface area contributed by atoms with Crippen molar-refractivity contribution in [3.05, 3.63) is 59.2 Å². The number of anilines is 2. The summed E-state index contributed by atoms with van der Waals surface area (Å²) in [6.45, 7) is 5.87. The highest BCUT2D eigenvalue weighted by molar-refractivity contribution is 5.91. The second-order valence-corrected chi connectivity index (χ2v) is 6.34. The molecule has 0 bridgehead atoms. The van der Waals surface area contributed by atoms with E-state index >= 15 is 0 Å². The standard InChI is InChI=1S/C20H24N2O/c1-15-9-10-16(2)18(14-15)21-20(23)11-13-22-12-5-7-17-6-3-4-8-19(17)22/h3-4,6,8-10,14H,5,7,11-13H2,1-2H3,(H,21,23). The normalized spacial score (nSPS) is 13.6. The Hall–Kier alpha value is -2.29. The van der Waals surface area contributed by atoms with Gasteiger partial charge in [-0.25, -0.2) is 0 Å². The molecule has 3 heteroatoms. The van der Waals surface area contributed by atoms with Crippen LogP contribution in [0.2, 0.25) is 0 Å². The molecule has 120 valence electrons. The molecule has 2 aromatic rings. The van der Waals surface area contributed by atoms with E-state index in [1.165, 1.54) is 11.3 Å². The van der Waals surface area contributed by atoms with Gasteiger partial charge in [-0.3, -0.25) is 4.79 Å². The summed E-state index contributed by atoms with van der Waals surface area (Å²) in [5.41, 5.74) is 5.88. The van der Waals surface area contributed by atoms with Gasteiger partial charge in [0.1, 0.15) is 0 Å². The summed E-state index contributed by atoms with van der Waals surface area (Å²) in [5, 5.41) is 3.05. The van der Waals surface area contributed by atoms with Gasteiger partial charge in [0.15, 0.2) is 0 Å². The molecule has 0 aliphatic carbocycles. The minimum atomic E-state index is 0.0850. The number of amides is 1. The average molecular weight is 308 g/mol. The summed E-state index contributed by atoms with van der Waals surface area (Å²) < 4.78 is 0. The van der Waals surface area contributed by atoms with Gasteiger partial charge < -0.3 is 10.2 Å². The van der Waals surface area contributed by atoms with E-state index in [2.05, 4.69) is 40.5 Å². The molecule has 0 radical (unpaired) electrons. The molecule has 3 nitrogen and oxygen atoms in total. The second-order valence-electron chi connectivity index (χ2n) is 6.34. The zero-order chi connectivity index (χ0) is 16.2. The summed E-state index contributed by atoms with van der Waals surface area (Å²) in [5.74, 6) is 0.0850. The zero-order valence-electron chi connectivity index (χ0n) is 13.9. The average Bonchev–Trinajstić information content (AvgIpc) is 2.56. The predicted molar refractivity (Wildman–Crippen MR) is 96.1 cm³/mol. The van der Waals surface area contributed by atoms with Crippen molar-refractivity contribution in [3.8, 4) is 0 Å². The zero-order valence-corrected chi connectivity index (χ0v) is 13.9. The van der Waals surface area contributed by atoms with Crippen LogP contribution in [0.1, 0.15) is 29.5 Å². The van der Waals surface area contributed by atoms with Crippen LogP contribution in [0.15, 0.2) is 42.5 Å². The molecule has 1 amide bonds. The molecule has 1 aliphatic rings. The highest BCUT2D eigenvalue weighted by atomic mass is 16.1. The van der Waals surface area contributed by atoms with E-state index in [-0.39, 0.29) is 5.91 Å². The Bertz CT molecular complexity index is 709. The first-order chi connectivity index (χ1) is 11.1. The van der Waals surface area contributed by atoms with Crippen molar-refractivity contribution in [3.63, 3.8) is 0 Å². The van der Waals surface area contributed by atoms with Crippen LogP contribution < -0.4 is 10.2 Å². The van der Waals surface area contributed by atoms with Crippen LogP contribution in [0.25, 0.3) is 0 Å². The lowest BCUT2D eigenvalue weighted by Gasteiger charge is -2.31. The third-order valence-corrected chi connectivity index (χ3v) is 4.48. The van der Waals surface area contributed by atoms with Crippen LogP contribution in [0.5, 0.6) is 0 Å². The first kappa shape index (κ1) is 15.6. The van der Waals surface area contributed by atoms with E-state index in [9.17, 15) is 4.79 Å². The minimum absolute atomic E-state index is 0.0850. The van der Waals surface area contributed by atoms with Gasteiger partial charge in [0.2, 0.25) is 5.91 Å². The molecular formula is C20H24N2O. The topological polar surface area (TPSA) is 32.3 Å². The Kier molecular flexibility index (Phi) is 4.65. The van der Waals surface area contributed by atoms with Crippen molar-refractivity contribution in [2.75, 3.05) is 23.3 Å². The van der Waals surface area contributed by atoms with Crippen LogP contribution in [-0.2, 0) is 11.2 Å². The fourth-order valence-corrected chi connectivity index (χ4v) is 3.16. The molecule has 0 aromatic heterocycles. The summed E-state index contributed by atoms with van der Waals surface area (Å²) in [7, 11) is 0. The van der Waals surface area contributed by atoms with Crippen molar-refractivity contribution in [1.82, 2.24) is 0 Å². The van der Waals surface area contributed by atoms with Crippen LogP contribution >= 0.6 is 0 Å². The van der Waals surface area contributed by atoms with Gasteiger partial charge in [0.25, 0.3) is 0 Å². The summed E-state index contributed by atoms with van der Waals surface area (Å²) in [6.07, 6.45) is 2.82. The summed E-state index contributed by atoms with van der Waals surface area (Å²) in [4.78, 5) is 14.6. The number of hydrogen-bond acceptors (Lipinski definition) is 2. The Morgan fingerprint density at radius 2 is 2.00 bits per heavy atom. The third-order valence-electron chi connectivity index (χ3n) is 4.48. The van der Waals surface area contributed by atoms with Gasteiger partial charge in [0, 0.05) is 30.9 Å². The maximum absolute atomic E-state index is 12.3. The highest BCUT2D eigenvalue weighted by Gasteiger charge is 2.17. The van der Waals surface area contributed by atoms with Crippen LogP contribution in [-0.4, -0.2) is 19.0 Å². The molecule has 2 aromatic carbocycles. The molecule has 23 heavy (non-hydrogen) atoms. The molecule has 3 rings (SSSR count). The Labute approximate surface area is 138 Å². The van der Waals surface area contributed by atoms with Gasteiger partial charge in [-0.05, 0) is 55.5 Å². The molecule has 0 unspecified atom stereocenters. The maximum atomic E-state index is 12.3. The van der Waals surface area contributed by atoms with E-state index in [1.54, 1.807) is 0 Å². The number of fused-ring (bicyclic) bond motifs is 1. The van der Waals surface area contributed by atoms with Crippen molar-refractivity contribution < 1.29 is 4.79 Å². The van der Waals surface area contributed by atoms with Gasteiger partial charge >= 0.3 is 0 Å². The summed E-state index contributed by atoms with van der Waals surface area (Å²) in [6, 6.07) is 14.7. The van der Waals surface area contributed by atoms with Crippen molar-refractivity contribution in [1.29, 1.82) is 0 Å². The van der Waals surface area contributed by atoms with Crippen molar-refractivity contribution >= 4 is 17.3 Å². The number of benzene rings is 2. The maximum Gasteiger partial charge on any atom is 0.226 e. The smallest absolute Gasteiger partial charge is 0.226 e. The minimum Gasteiger partial charge on any atom is -0.371 e. The number of nitrogens with zero attached hydrogens (tertiary/aromatic N) is 1. The number of hydrogen-bond donors (Lipinski definition) is 1. The lowest BCUT2D eigenvalue weighted by molar-refractivity contribution is -0.116. The molecule has 1 heterocycles. The predicted octanol–water partition coefficient (Wildman–Crippen LogP) is 4.08. The van der Waals surface area contributed by atoms with Gasteiger partial charge in [-0.15, -0.1) is 0 Å². The number of para-hydroxylation sites is 1. The Morgan fingerprint density at radius 1 is 1.17 bits per heavy atom. The van der Waals surface area contributed by atoms with E-state index in [4.69, 9.17) is 0 Å². The van der Waals surface area contributed by atoms with Gasteiger partial charge in [-0.2, -0.15) is 0 Å². The first-order valence-corrected chi connectivity index (χ1v) is 8.33. The van der Waals surface area contributed by atoms with E-state index in [1.807, 2.05) is 26.0 Å². The van der Waals surface area contributed by atoms with E-state index < -0.39 is 0 Å². The third kappa shape index (κ3) is 3.73. The lowest BCUT2D eigenvalue weighted by atomic mass is 10.0. The van der Waals surface area contributed by atoms with Gasteiger partial charge in [-0.1, -0.05) is 30.3 Å². The van der Waals surface area contributed by atoms with E-state index in [0.717, 1.165) is 42.7 Å². The fourth-order valence-electron chi connectivity index (χ4n) is 3.16. The van der Waals surface area contributed by atoms with Gasteiger partial charge in [0.05, 0.1) is 0 Å². The van der Waals surface area contributed by atoms with Crippen molar-refractivity contribution in [2.45, 2.75) is 33.1 Å². The molecule has 0 saturated heterocycles. The number of carbonyl (C=O) groups is 1. The Balaban J connectivity index is 1.61. The van der Waals surface area contributed by atoms with Crippen LogP contribution in [0.4, 0.5) is 11.4 Å². The van der Waals surface area contributed by atoms with E-state index in [0.29, 0.717) is 6.42 Å². The molecule has 0 saturated carbocycles. The second kappa shape index (κ2) is 6.86.